The zero-order chi connectivity index (χ0) is 20.0. The van der Waals surface area contributed by atoms with Crippen molar-refractivity contribution in [2.45, 2.75) is 33.4 Å². The molecule has 0 bridgehead atoms. The summed E-state index contributed by atoms with van der Waals surface area (Å²) in [6.07, 6.45) is -2.96. The Morgan fingerprint density at radius 1 is 1.19 bits per heavy atom. The van der Waals surface area contributed by atoms with Gasteiger partial charge in [-0.2, -0.15) is 18.2 Å². The van der Waals surface area contributed by atoms with Crippen LogP contribution in [-0.4, -0.2) is 30.2 Å². The zero-order valence-corrected chi connectivity index (χ0v) is 15.9. The highest BCUT2D eigenvalue weighted by atomic mass is 19.4. The van der Waals surface area contributed by atoms with Gasteiger partial charge in [-0.1, -0.05) is 26.8 Å². The molecule has 0 fully saturated rings. The lowest BCUT2D eigenvalue weighted by atomic mass is 10.2. The predicted octanol–water partition coefficient (Wildman–Crippen LogP) is 5.09. The number of nitrogens with zero attached hydrogens (tertiary/aromatic N) is 3. The standard InChI is InChI=1S/C19H24F3N3O2/c1-5-9-26-15-8-6-7-14(10-15)25(4)18-23-11-16(19(20,21)22)17(24-18)27-12-13(2)3/h6-8,10-11,13H,5,9,12H2,1-4H3. The fraction of sp³-hybridized carbons (Fsp3) is 0.474. The summed E-state index contributed by atoms with van der Waals surface area (Å²) < 4.78 is 50.5. The van der Waals surface area contributed by atoms with Crippen LogP contribution in [0.5, 0.6) is 11.6 Å². The van der Waals surface area contributed by atoms with E-state index >= 15 is 0 Å². The first kappa shape index (κ1) is 20.8. The average molecular weight is 383 g/mol. The number of hydrogen-bond acceptors (Lipinski definition) is 5. The summed E-state index contributed by atoms with van der Waals surface area (Å²) in [6, 6.07) is 7.20. The summed E-state index contributed by atoms with van der Waals surface area (Å²) in [4.78, 5) is 9.47. The molecule has 0 saturated carbocycles. The van der Waals surface area contributed by atoms with Crippen LogP contribution in [0.3, 0.4) is 0 Å². The van der Waals surface area contributed by atoms with Crippen LogP contribution in [0, 0.1) is 5.92 Å². The summed E-state index contributed by atoms with van der Waals surface area (Å²) in [7, 11) is 1.67. The predicted molar refractivity (Wildman–Crippen MR) is 97.7 cm³/mol. The highest BCUT2D eigenvalue weighted by Gasteiger charge is 2.36. The molecule has 1 heterocycles. The lowest BCUT2D eigenvalue weighted by Gasteiger charge is -2.20. The molecule has 0 amide bonds. The second-order valence-electron chi connectivity index (χ2n) is 6.50. The molecule has 0 aliphatic rings. The van der Waals surface area contributed by atoms with E-state index in [0.29, 0.717) is 18.0 Å². The lowest BCUT2D eigenvalue weighted by molar-refractivity contribution is -0.139. The van der Waals surface area contributed by atoms with Crippen LogP contribution in [0.4, 0.5) is 24.8 Å². The normalized spacial score (nSPS) is 11.6. The van der Waals surface area contributed by atoms with Gasteiger partial charge in [0.15, 0.2) is 0 Å². The highest BCUT2D eigenvalue weighted by molar-refractivity contribution is 5.59. The van der Waals surface area contributed by atoms with Crippen molar-refractivity contribution >= 4 is 11.6 Å². The average Bonchev–Trinajstić information content (AvgIpc) is 2.63. The van der Waals surface area contributed by atoms with E-state index in [1.54, 1.807) is 30.1 Å². The van der Waals surface area contributed by atoms with Gasteiger partial charge < -0.3 is 14.4 Å². The Balaban J connectivity index is 2.33. The molecule has 2 rings (SSSR count). The quantitative estimate of drug-likeness (QED) is 0.636. The number of ether oxygens (including phenoxy) is 2. The second kappa shape index (κ2) is 8.92. The van der Waals surface area contributed by atoms with Crippen LogP contribution in [0.1, 0.15) is 32.8 Å². The maximum absolute atomic E-state index is 13.2. The minimum absolute atomic E-state index is 0.0645. The molecule has 27 heavy (non-hydrogen) atoms. The topological polar surface area (TPSA) is 47.5 Å². The molecule has 0 unspecified atom stereocenters. The molecule has 0 saturated heterocycles. The maximum atomic E-state index is 13.2. The minimum Gasteiger partial charge on any atom is -0.494 e. The molecule has 5 nitrogen and oxygen atoms in total. The van der Waals surface area contributed by atoms with Gasteiger partial charge in [0.25, 0.3) is 0 Å². The van der Waals surface area contributed by atoms with E-state index in [-0.39, 0.29) is 18.5 Å². The molecule has 148 valence electrons. The monoisotopic (exact) mass is 383 g/mol. The van der Waals surface area contributed by atoms with Gasteiger partial charge in [-0.25, -0.2) is 4.98 Å². The van der Waals surface area contributed by atoms with Gasteiger partial charge in [0.2, 0.25) is 11.8 Å². The van der Waals surface area contributed by atoms with Crippen molar-refractivity contribution in [1.29, 1.82) is 0 Å². The number of halogens is 3. The zero-order valence-electron chi connectivity index (χ0n) is 15.9. The van der Waals surface area contributed by atoms with Crippen molar-refractivity contribution in [3.63, 3.8) is 0 Å². The Kier molecular flexibility index (Phi) is 6.87. The molecule has 1 aromatic carbocycles. The van der Waals surface area contributed by atoms with Crippen LogP contribution in [0.15, 0.2) is 30.5 Å². The van der Waals surface area contributed by atoms with Gasteiger partial charge in [-0.15, -0.1) is 0 Å². The third kappa shape index (κ3) is 5.74. The van der Waals surface area contributed by atoms with E-state index in [2.05, 4.69) is 9.97 Å². The van der Waals surface area contributed by atoms with E-state index < -0.39 is 17.6 Å². The van der Waals surface area contributed by atoms with E-state index in [1.165, 1.54) is 0 Å². The van der Waals surface area contributed by atoms with E-state index in [4.69, 9.17) is 9.47 Å². The van der Waals surface area contributed by atoms with Gasteiger partial charge in [-0.3, -0.25) is 0 Å². The SMILES string of the molecule is CCCOc1cccc(N(C)c2ncc(C(F)(F)F)c(OCC(C)C)n2)c1. The van der Waals surface area contributed by atoms with Gasteiger partial charge in [0, 0.05) is 25.0 Å². The number of aromatic nitrogens is 2. The van der Waals surface area contributed by atoms with Gasteiger partial charge in [0.05, 0.1) is 13.2 Å². The van der Waals surface area contributed by atoms with Crippen molar-refractivity contribution in [1.82, 2.24) is 9.97 Å². The fourth-order valence-electron chi connectivity index (χ4n) is 2.19. The van der Waals surface area contributed by atoms with Crippen LogP contribution in [0.2, 0.25) is 0 Å². The van der Waals surface area contributed by atoms with Crippen molar-refractivity contribution < 1.29 is 22.6 Å². The summed E-state index contributed by atoms with van der Waals surface area (Å²) in [6.45, 7) is 6.41. The maximum Gasteiger partial charge on any atom is 0.423 e. The Morgan fingerprint density at radius 3 is 2.56 bits per heavy atom. The van der Waals surface area contributed by atoms with Crippen molar-refractivity contribution in [3.8, 4) is 11.6 Å². The Hall–Kier alpha value is -2.51. The van der Waals surface area contributed by atoms with Crippen molar-refractivity contribution in [2.75, 3.05) is 25.2 Å². The van der Waals surface area contributed by atoms with Gasteiger partial charge in [0.1, 0.15) is 11.3 Å². The molecule has 0 radical (unpaired) electrons. The summed E-state index contributed by atoms with van der Waals surface area (Å²) in [5.74, 6) is 0.375. The number of anilines is 2. The fourth-order valence-corrected chi connectivity index (χ4v) is 2.19. The molecule has 8 heteroatoms. The molecule has 0 N–H and O–H groups in total. The van der Waals surface area contributed by atoms with Crippen LogP contribution < -0.4 is 14.4 Å². The largest absolute Gasteiger partial charge is 0.494 e. The van der Waals surface area contributed by atoms with Crippen LogP contribution >= 0.6 is 0 Å². The van der Waals surface area contributed by atoms with E-state index in [9.17, 15) is 13.2 Å². The van der Waals surface area contributed by atoms with Gasteiger partial charge >= 0.3 is 6.18 Å². The lowest BCUT2D eigenvalue weighted by Crippen LogP contribution is -2.18. The number of rotatable bonds is 8. The summed E-state index contributed by atoms with van der Waals surface area (Å²) in [5.41, 5.74) is -0.293. The first-order valence-electron chi connectivity index (χ1n) is 8.76. The van der Waals surface area contributed by atoms with E-state index in [1.807, 2.05) is 26.8 Å². The molecule has 0 spiro atoms. The Labute approximate surface area is 157 Å². The third-order valence-electron chi connectivity index (χ3n) is 3.58. The van der Waals surface area contributed by atoms with Gasteiger partial charge in [-0.05, 0) is 24.5 Å². The highest BCUT2D eigenvalue weighted by Crippen LogP contribution is 2.36. The molecule has 0 aliphatic carbocycles. The van der Waals surface area contributed by atoms with Crippen LogP contribution in [0.25, 0.3) is 0 Å². The smallest absolute Gasteiger partial charge is 0.423 e. The van der Waals surface area contributed by atoms with Crippen LogP contribution in [-0.2, 0) is 6.18 Å². The first-order valence-corrected chi connectivity index (χ1v) is 8.76. The molecular formula is C19H24F3N3O2. The summed E-state index contributed by atoms with van der Waals surface area (Å²) in [5, 5.41) is 0. The Morgan fingerprint density at radius 2 is 1.93 bits per heavy atom. The summed E-state index contributed by atoms with van der Waals surface area (Å²) >= 11 is 0. The molecular weight excluding hydrogens is 359 g/mol. The first-order chi connectivity index (χ1) is 12.7. The van der Waals surface area contributed by atoms with E-state index in [0.717, 1.165) is 12.6 Å². The number of benzene rings is 1. The molecule has 0 atom stereocenters. The molecule has 0 aliphatic heterocycles. The van der Waals surface area contributed by atoms with Crippen molar-refractivity contribution in [3.05, 3.63) is 36.0 Å². The number of alkyl halides is 3. The second-order valence-corrected chi connectivity index (χ2v) is 6.50. The Bertz CT molecular complexity index is 751. The number of hydrogen-bond donors (Lipinski definition) is 0. The molecule has 2 aromatic rings. The van der Waals surface area contributed by atoms with Crippen molar-refractivity contribution in [2.24, 2.45) is 5.92 Å². The molecule has 1 aromatic heterocycles. The minimum atomic E-state index is -4.59. The third-order valence-corrected chi connectivity index (χ3v) is 3.58.